The number of amides is 3. The summed E-state index contributed by atoms with van der Waals surface area (Å²) in [5.74, 6) is -2.88. The number of nitrogens with one attached hydrogen (secondary N) is 2. The summed E-state index contributed by atoms with van der Waals surface area (Å²) in [6, 6.07) is 2.80. The fraction of sp³-hybridized carbons (Fsp3) is 0.487. The molecule has 5 heterocycles. The van der Waals surface area contributed by atoms with Crippen LogP contribution in [0.25, 0.3) is 11.3 Å². The lowest BCUT2D eigenvalue weighted by Gasteiger charge is -2.31. The van der Waals surface area contributed by atoms with Gasteiger partial charge in [0.25, 0.3) is 5.91 Å². The number of esters is 1. The number of carbonyl (C=O) groups excluding carboxylic acids is 4. The van der Waals surface area contributed by atoms with Crippen LogP contribution >= 0.6 is 0 Å². The molecule has 55 heavy (non-hydrogen) atoms. The van der Waals surface area contributed by atoms with Crippen LogP contribution in [0.5, 0.6) is 0 Å². The molecule has 0 aliphatic carbocycles. The smallest absolute Gasteiger partial charge is 0.329 e. The van der Waals surface area contributed by atoms with E-state index in [-0.39, 0.29) is 55.8 Å². The number of carbonyl (C=O) groups is 4. The number of hydrogen-bond acceptors (Lipinski definition) is 11. The van der Waals surface area contributed by atoms with E-state index >= 15 is 0 Å². The van der Waals surface area contributed by atoms with Crippen LogP contribution in [0.2, 0.25) is 0 Å². The standard InChI is InChI=1S/C39H49FN8O7/c1-25(2)37-27(19-35(51)43-15-7-16-47-23-31(45-46-47)28-9-5-13-41-22-28)11-12-34(50)42-14-4-8-26(3)18-30(49)20-29(40)21-36-44-32(24-54-36)38(52)48-17-6-10-33(48)39(53)55-37/h4-5,8-9,11-13,18,22-25,27,29-30,33,37,49H,6-7,10,14-17,19-21H2,1-3H3,(H,42,50)(H,43,51)/b8-4+,12-11+,26-18+/t27-,29+,30+,33+,37+/m0/s1. The number of aliphatic hydroxyl groups excluding tert-OH is 1. The van der Waals surface area contributed by atoms with E-state index in [1.807, 2.05) is 32.2 Å². The first-order valence-electron chi connectivity index (χ1n) is 18.6. The quantitative estimate of drug-likeness (QED) is 0.225. The second-order valence-electron chi connectivity index (χ2n) is 14.1. The number of pyridine rings is 1. The highest BCUT2D eigenvalue weighted by Crippen LogP contribution is 2.27. The lowest BCUT2D eigenvalue weighted by Crippen LogP contribution is -2.44. The van der Waals surface area contributed by atoms with Gasteiger partial charge in [-0.1, -0.05) is 48.9 Å². The Hall–Kier alpha value is -5.51. The Balaban J connectivity index is 1.29. The van der Waals surface area contributed by atoms with E-state index in [1.54, 1.807) is 42.2 Å². The molecular formula is C39H49FN8O7. The topological polar surface area (TPSA) is 195 Å². The van der Waals surface area contributed by atoms with E-state index in [0.717, 1.165) is 11.8 Å². The number of hydrogen-bond donors (Lipinski definition) is 3. The third kappa shape index (κ3) is 12.0. The molecule has 294 valence electrons. The third-order valence-corrected chi connectivity index (χ3v) is 9.31. The first-order chi connectivity index (χ1) is 26.5. The van der Waals surface area contributed by atoms with Gasteiger partial charge in [0.1, 0.15) is 30.3 Å². The number of halogens is 1. The Morgan fingerprint density at radius 2 is 2.04 bits per heavy atom. The molecule has 0 aromatic carbocycles. The highest BCUT2D eigenvalue weighted by atomic mass is 19.1. The molecule has 0 saturated carbocycles. The average Bonchev–Trinajstić information content (AvgIpc) is 3.94. The summed E-state index contributed by atoms with van der Waals surface area (Å²) in [6.45, 7) is 6.74. The number of rotatable bonds is 8. The Bertz CT molecular complexity index is 1860. The lowest BCUT2D eigenvalue weighted by molar-refractivity contribution is -0.159. The summed E-state index contributed by atoms with van der Waals surface area (Å²) in [5, 5.41) is 24.4. The van der Waals surface area contributed by atoms with Gasteiger partial charge in [-0.3, -0.25) is 24.0 Å². The number of oxazole rings is 1. The maximum Gasteiger partial charge on any atom is 0.329 e. The van der Waals surface area contributed by atoms with Crippen LogP contribution in [-0.4, -0.2) is 103 Å². The minimum atomic E-state index is -1.50. The molecule has 1 fully saturated rings. The number of fused-ring (bicyclic) bond motifs is 3. The minimum Gasteiger partial charge on any atom is -0.460 e. The molecule has 3 aromatic rings. The summed E-state index contributed by atoms with van der Waals surface area (Å²) in [4.78, 5) is 63.1. The first kappa shape index (κ1) is 40.7. The van der Waals surface area contributed by atoms with Crippen LogP contribution in [0.1, 0.15) is 69.3 Å². The molecule has 3 amide bonds. The van der Waals surface area contributed by atoms with Crippen molar-refractivity contribution in [3.05, 3.63) is 84.5 Å². The molecule has 0 spiro atoms. The van der Waals surface area contributed by atoms with Crippen molar-refractivity contribution in [1.82, 2.24) is 40.5 Å². The summed E-state index contributed by atoms with van der Waals surface area (Å²) >= 11 is 0. The van der Waals surface area contributed by atoms with Crippen molar-refractivity contribution < 1.29 is 37.8 Å². The molecule has 15 nitrogen and oxygen atoms in total. The second-order valence-corrected chi connectivity index (χ2v) is 14.1. The molecule has 0 unspecified atom stereocenters. The van der Waals surface area contributed by atoms with E-state index in [4.69, 9.17) is 9.15 Å². The predicted molar refractivity (Wildman–Crippen MR) is 199 cm³/mol. The van der Waals surface area contributed by atoms with E-state index in [1.165, 1.54) is 17.1 Å². The molecule has 3 N–H and O–H groups in total. The highest BCUT2D eigenvalue weighted by molar-refractivity contribution is 5.95. The minimum absolute atomic E-state index is 0.00255. The molecule has 5 rings (SSSR count). The van der Waals surface area contributed by atoms with Crippen LogP contribution in [-0.2, 0) is 32.1 Å². The van der Waals surface area contributed by atoms with E-state index in [2.05, 4.69) is 30.9 Å². The van der Waals surface area contributed by atoms with Crippen LogP contribution in [0, 0.1) is 11.8 Å². The second kappa shape index (κ2) is 19.7. The van der Waals surface area contributed by atoms with Gasteiger partial charge in [0.15, 0.2) is 11.6 Å². The van der Waals surface area contributed by atoms with Crippen LogP contribution < -0.4 is 10.6 Å². The normalized spacial score (nSPS) is 25.3. The zero-order chi connectivity index (χ0) is 39.3. The third-order valence-electron chi connectivity index (χ3n) is 9.31. The fourth-order valence-corrected chi connectivity index (χ4v) is 6.57. The van der Waals surface area contributed by atoms with Gasteiger partial charge >= 0.3 is 5.97 Å². The number of aromatic nitrogens is 5. The molecule has 2 bridgehead atoms. The molecule has 2 aliphatic rings. The molecule has 3 aromatic heterocycles. The van der Waals surface area contributed by atoms with Crippen LogP contribution in [0.15, 0.2) is 77.4 Å². The van der Waals surface area contributed by atoms with Crippen molar-refractivity contribution in [2.45, 2.75) is 90.3 Å². The zero-order valence-corrected chi connectivity index (χ0v) is 31.3. The molecule has 1 saturated heterocycles. The summed E-state index contributed by atoms with van der Waals surface area (Å²) in [5.41, 5.74) is 2.13. The van der Waals surface area contributed by atoms with E-state index in [9.17, 15) is 28.7 Å². The van der Waals surface area contributed by atoms with Gasteiger partial charge in [0.2, 0.25) is 11.8 Å². The Kier molecular flexibility index (Phi) is 14.6. The highest BCUT2D eigenvalue weighted by Gasteiger charge is 2.39. The Morgan fingerprint density at radius 3 is 2.82 bits per heavy atom. The van der Waals surface area contributed by atoms with Gasteiger partial charge in [-0.25, -0.2) is 14.2 Å². The Morgan fingerprint density at radius 1 is 1.20 bits per heavy atom. The van der Waals surface area contributed by atoms with Gasteiger partial charge in [0.05, 0.1) is 18.7 Å². The first-order valence-corrected chi connectivity index (χ1v) is 18.6. The maximum absolute atomic E-state index is 14.8. The number of allylic oxidation sites excluding steroid dienone is 2. The number of cyclic esters (lactones) is 1. The van der Waals surface area contributed by atoms with Crippen molar-refractivity contribution in [2.75, 3.05) is 19.6 Å². The monoisotopic (exact) mass is 760 g/mol. The SMILES string of the molecule is CC1=C\[C@@H](O)C[C@@H](F)Cc2nc(co2)C(=O)N2CCC[C@@H]2C(=O)O[C@H](C(C)C)[C@H](CC(=O)NCCCn2cc(-c3cccnc3)nn2)/C=C/C(=O)NC\C=C\1. The molecular weight excluding hydrogens is 711 g/mol. The van der Waals surface area contributed by atoms with Gasteiger partial charge in [-0.2, -0.15) is 0 Å². The molecule has 5 atom stereocenters. The van der Waals surface area contributed by atoms with E-state index in [0.29, 0.717) is 43.6 Å². The molecule has 0 radical (unpaired) electrons. The lowest BCUT2D eigenvalue weighted by atomic mass is 9.89. The van der Waals surface area contributed by atoms with Crippen molar-refractivity contribution in [2.24, 2.45) is 11.8 Å². The molecule has 16 heteroatoms. The van der Waals surface area contributed by atoms with Crippen LogP contribution in [0.3, 0.4) is 0 Å². The summed E-state index contributed by atoms with van der Waals surface area (Å²) < 4.78 is 28.0. The van der Waals surface area contributed by atoms with Crippen molar-refractivity contribution in [3.63, 3.8) is 0 Å². The number of aliphatic hydroxyl groups is 1. The van der Waals surface area contributed by atoms with Gasteiger partial charge in [0, 0.05) is 62.9 Å². The number of ether oxygens (including phenoxy) is 1. The van der Waals surface area contributed by atoms with Gasteiger partial charge < -0.3 is 29.8 Å². The Labute approximate surface area is 319 Å². The largest absolute Gasteiger partial charge is 0.460 e. The predicted octanol–water partition coefficient (Wildman–Crippen LogP) is 3.53. The number of aryl methyl sites for hydroxylation is 1. The zero-order valence-electron chi connectivity index (χ0n) is 31.3. The van der Waals surface area contributed by atoms with Gasteiger partial charge in [-0.05, 0) is 50.3 Å². The van der Waals surface area contributed by atoms with Crippen LogP contribution in [0.4, 0.5) is 4.39 Å². The number of nitrogens with zero attached hydrogens (tertiary/aromatic N) is 6. The fourth-order valence-electron chi connectivity index (χ4n) is 6.57. The molecule has 2 aliphatic heterocycles. The summed E-state index contributed by atoms with van der Waals surface area (Å²) in [7, 11) is 0. The van der Waals surface area contributed by atoms with Gasteiger partial charge in [-0.15, -0.1) is 5.10 Å². The maximum atomic E-state index is 14.8. The average molecular weight is 761 g/mol. The van der Waals surface area contributed by atoms with Crippen molar-refractivity contribution in [3.8, 4) is 11.3 Å². The number of alkyl halides is 1. The summed E-state index contributed by atoms with van der Waals surface area (Å²) in [6.07, 6.45) is 11.6. The van der Waals surface area contributed by atoms with E-state index < -0.39 is 48.1 Å². The van der Waals surface area contributed by atoms with Crippen molar-refractivity contribution in [1.29, 1.82) is 0 Å². The van der Waals surface area contributed by atoms with Crippen molar-refractivity contribution >= 4 is 23.7 Å².